The van der Waals surface area contributed by atoms with E-state index in [0.29, 0.717) is 0 Å². The molecule has 0 atom stereocenters. The average Bonchev–Trinajstić information content (AvgIpc) is 2.70. The summed E-state index contributed by atoms with van der Waals surface area (Å²) >= 11 is 0. The summed E-state index contributed by atoms with van der Waals surface area (Å²) in [6, 6.07) is 7.79. The van der Waals surface area contributed by atoms with Crippen LogP contribution < -0.4 is 4.90 Å². The van der Waals surface area contributed by atoms with Crippen LogP contribution in [0.1, 0.15) is 38.7 Å². The highest BCUT2D eigenvalue weighted by Gasteiger charge is 2.44. The zero-order valence-electron chi connectivity index (χ0n) is 12.8. The van der Waals surface area contributed by atoms with Gasteiger partial charge in [-0.3, -0.25) is 9.59 Å². The van der Waals surface area contributed by atoms with Gasteiger partial charge in [0.05, 0.1) is 5.41 Å². The molecule has 3 rings (SSSR count). The molecule has 21 heavy (non-hydrogen) atoms. The fourth-order valence-corrected chi connectivity index (χ4v) is 3.34. The van der Waals surface area contributed by atoms with Gasteiger partial charge in [0.2, 0.25) is 11.8 Å². The largest absolute Gasteiger partial charge is 0.341 e. The van der Waals surface area contributed by atoms with Gasteiger partial charge in [0.25, 0.3) is 0 Å². The Morgan fingerprint density at radius 2 is 1.81 bits per heavy atom. The number of rotatable bonds is 2. The van der Waals surface area contributed by atoms with Gasteiger partial charge in [-0.25, -0.2) is 0 Å². The lowest BCUT2D eigenvalue weighted by Crippen LogP contribution is -2.45. The van der Waals surface area contributed by atoms with E-state index in [0.717, 1.165) is 37.2 Å². The number of para-hydroxylation sites is 1. The second kappa shape index (κ2) is 5.17. The first kappa shape index (κ1) is 14.1. The number of likely N-dealkylation sites (tertiary alicyclic amines) is 1. The highest BCUT2D eigenvalue weighted by Crippen LogP contribution is 2.41. The van der Waals surface area contributed by atoms with Gasteiger partial charge in [-0.1, -0.05) is 18.2 Å². The summed E-state index contributed by atoms with van der Waals surface area (Å²) in [4.78, 5) is 28.7. The Kier molecular flexibility index (Phi) is 3.47. The molecular weight excluding hydrogens is 264 g/mol. The zero-order valence-corrected chi connectivity index (χ0v) is 12.8. The van der Waals surface area contributed by atoms with Crippen LogP contribution in [-0.2, 0) is 15.0 Å². The Hall–Kier alpha value is -1.84. The predicted molar refractivity (Wildman–Crippen MR) is 82.3 cm³/mol. The second-order valence-corrected chi connectivity index (χ2v) is 6.47. The third-order valence-corrected chi connectivity index (χ3v) is 4.65. The molecule has 0 bridgehead atoms. The summed E-state index contributed by atoms with van der Waals surface area (Å²) < 4.78 is 0. The van der Waals surface area contributed by atoms with Crippen molar-refractivity contribution >= 4 is 17.5 Å². The summed E-state index contributed by atoms with van der Waals surface area (Å²) in [6.07, 6.45) is 3.34. The summed E-state index contributed by atoms with van der Waals surface area (Å²) in [5, 5.41) is 0. The number of carbonyl (C=O) groups is 2. The van der Waals surface area contributed by atoms with Gasteiger partial charge >= 0.3 is 0 Å². The molecular formula is C17H22N2O2. The normalized spacial score (nSPS) is 20.6. The van der Waals surface area contributed by atoms with Gasteiger partial charge in [0, 0.05) is 18.8 Å². The van der Waals surface area contributed by atoms with Crippen LogP contribution in [0.4, 0.5) is 5.69 Å². The molecule has 1 aromatic rings. The molecule has 2 heterocycles. The minimum absolute atomic E-state index is 0.0223. The van der Waals surface area contributed by atoms with Gasteiger partial charge in [0.15, 0.2) is 0 Å². The predicted octanol–water partition coefficient (Wildman–Crippen LogP) is 2.32. The SMILES string of the molecule is CC1(C)C(=O)N(CC(=O)N2CCCCC2)c2ccccc21. The number of anilines is 1. The molecule has 2 aliphatic rings. The standard InChI is InChI=1S/C17H22N2O2/c1-17(2)13-8-4-5-9-14(13)19(16(17)21)12-15(20)18-10-6-3-7-11-18/h4-5,8-9H,3,6-7,10-12H2,1-2H3. The molecule has 2 amide bonds. The first-order valence-electron chi connectivity index (χ1n) is 7.71. The van der Waals surface area contributed by atoms with Crippen molar-refractivity contribution in [3.8, 4) is 0 Å². The minimum Gasteiger partial charge on any atom is -0.341 e. The molecule has 4 nitrogen and oxygen atoms in total. The number of hydrogen-bond acceptors (Lipinski definition) is 2. The van der Waals surface area contributed by atoms with Gasteiger partial charge in [-0.2, -0.15) is 0 Å². The molecule has 2 aliphatic heterocycles. The minimum atomic E-state index is -0.543. The van der Waals surface area contributed by atoms with Crippen molar-refractivity contribution in [2.24, 2.45) is 0 Å². The quantitative estimate of drug-likeness (QED) is 0.837. The van der Waals surface area contributed by atoms with Crippen molar-refractivity contribution in [1.82, 2.24) is 4.90 Å². The lowest BCUT2D eigenvalue weighted by molar-refractivity contribution is -0.132. The topological polar surface area (TPSA) is 40.6 Å². The third kappa shape index (κ3) is 2.33. The summed E-state index contributed by atoms with van der Waals surface area (Å²) in [5.41, 5.74) is 1.36. The van der Waals surface area contributed by atoms with Crippen molar-refractivity contribution in [3.63, 3.8) is 0 Å². The maximum Gasteiger partial charge on any atom is 0.242 e. The number of fused-ring (bicyclic) bond motifs is 1. The van der Waals surface area contributed by atoms with Crippen LogP contribution in [0, 0.1) is 0 Å². The molecule has 0 N–H and O–H groups in total. The van der Waals surface area contributed by atoms with Crippen LogP contribution in [0.2, 0.25) is 0 Å². The second-order valence-electron chi connectivity index (χ2n) is 6.47. The average molecular weight is 286 g/mol. The molecule has 0 aliphatic carbocycles. The van der Waals surface area contributed by atoms with Gasteiger partial charge < -0.3 is 9.80 Å². The highest BCUT2D eigenvalue weighted by atomic mass is 16.2. The lowest BCUT2D eigenvalue weighted by Gasteiger charge is -2.29. The molecule has 0 spiro atoms. The van der Waals surface area contributed by atoms with Crippen LogP contribution in [0.3, 0.4) is 0 Å². The van der Waals surface area contributed by atoms with Gasteiger partial charge in [-0.05, 0) is 44.7 Å². The van der Waals surface area contributed by atoms with E-state index in [1.54, 1.807) is 4.90 Å². The highest BCUT2D eigenvalue weighted by molar-refractivity contribution is 6.10. The fraction of sp³-hybridized carbons (Fsp3) is 0.529. The summed E-state index contributed by atoms with van der Waals surface area (Å²) in [7, 11) is 0. The number of carbonyl (C=O) groups excluding carboxylic acids is 2. The van der Waals surface area contributed by atoms with E-state index in [1.165, 1.54) is 6.42 Å². The molecule has 4 heteroatoms. The smallest absolute Gasteiger partial charge is 0.242 e. The van der Waals surface area contributed by atoms with Gasteiger partial charge in [-0.15, -0.1) is 0 Å². The van der Waals surface area contributed by atoms with Crippen molar-refractivity contribution in [2.45, 2.75) is 38.5 Å². The van der Waals surface area contributed by atoms with Gasteiger partial charge in [0.1, 0.15) is 6.54 Å². The van der Waals surface area contributed by atoms with Crippen molar-refractivity contribution in [2.75, 3.05) is 24.5 Å². The molecule has 0 aromatic heterocycles. The number of hydrogen-bond donors (Lipinski definition) is 0. The Morgan fingerprint density at radius 1 is 1.14 bits per heavy atom. The monoisotopic (exact) mass is 286 g/mol. The lowest BCUT2D eigenvalue weighted by atomic mass is 9.86. The van der Waals surface area contributed by atoms with E-state index in [9.17, 15) is 9.59 Å². The summed E-state index contributed by atoms with van der Waals surface area (Å²) in [5.74, 6) is 0.0876. The Morgan fingerprint density at radius 3 is 2.52 bits per heavy atom. The Balaban J connectivity index is 1.82. The van der Waals surface area contributed by atoms with Crippen LogP contribution in [0.5, 0.6) is 0 Å². The number of amides is 2. The Labute approximate surface area is 125 Å². The maximum atomic E-state index is 12.7. The maximum absolute atomic E-state index is 12.7. The first-order valence-corrected chi connectivity index (χ1v) is 7.71. The van der Waals surface area contributed by atoms with Crippen molar-refractivity contribution < 1.29 is 9.59 Å². The fourth-order valence-electron chi connectivity index (χ4n) is 3.34. The van der Waals surface area contributed by atoms with E-state index in [4.69, 9.17) is 0 Å². The molecule has 1 fully saturated rings. The molecule has 1 aromatic carbocycles. The van der Waals surface area contributed by atoms with Crippen LogP contribution in [-0.4, -0.2) is 36.3 Å². The summed E-state index contributed by atoms with van der Waals surface area (Å²) in [6.45, 7) is 5.68. The zero-order chi connectivity index (χ0) is 15.0. The number of benzene rings is 1. The van der Waals surface area contributed by atoms with Crippen LogP contribution >= 0.6 is 0 Å². The van der Waals surface area contributed by atoms with E-state index in [2.05, 4.69) is 0 Å². The van der Waals surface area contributed by atoms with Crippen molar-refractivity contribution in [1.29, 1.82) is 0 Å². The van der Waals surface area contributed by atoms with Crippen LogP contribution in [0.25, 0.3) is 0 Å². The molecule has 0 radical (unpaired) electrons. The van der Waals surface area contributed by atoms with Crippen molar-refractivity contribution in [3.05, 3.63) is 29.8 Å². The number of piperidine rings is 1. The molecule has 0 unspecified atom stereocenters. The van der Waals surface area contributed by atoms with E-state index >= 15 is 0 Å². The first-order chi connectivity index (χ1) is 10.0. The third-order valence-electron chi connectivity index (χ3n) is 4.65. The molecule has 1 saturated heterocycles. The van der Waals surface area contributed by atoms with Crippen LogP contribution in [0.15, 0.2) is 24.3 Å². The number of nitrogens with zero attached hydrogens (tertiary/aromatic N) is 2. The van der Waals surface area contributed by atoms with E-state index in [1.807, 2.05) is 43.0 Å². The Bertz CT molecular complexity index is 574. The molecule has 112 valence electrons. The molecule has 0 saturated carbocycles. The van der Waals surface area contributed by atoms with E-state index in [-0.39, 0.29) is 18.4 Å². The van der Waals surface area contributed by atoms with E-state index < -0.39 is 5.41 Å².